The largest absolute Gasteiger partial charge is 0.348 e. The summed E-state index contributed by atoms with van der Waals surface area (Å²) in [5, 5.41) is 13.6. The fraction of sp³-hybridized carbons (Fsp3) is 0.0909. The molecule has 2 aromatic rings. The second-order valence-electron chi connectivity index (χ2n) is 3.71. The van der Waals surface area contributed by atoms with E-state index in [2.05, 4.69) is 31.2 Å². The molecule has 0 unspecified atom stereocenters. The molecule has 0 bridgehead atoms. The van der Waals surface area contributed by atoms with E-state index in [0.29, 0.717) is 5.69 Å². The Morgan fingerprint density at radius 1 is 1.42 bits per heavy atom. The molecule has 1 heterocycles. The molecule has 6 nitrogen and oxygen atoms in total. The summed E-state index contributed by atoms with van der Waals surface area (Å²) in [6.07, 6.45) is 1.17. The van der Waals surface area contributed by atoms with Gasteiger partial charge in [-0.2, -0.15) is 0 Å². The van der Waals surface area contributed by atoms with E-state index in [1.165, 1.54) is 6.33 Å². The van der Waals surface area contributed by atoms with Crippen molar-refractivity contribution in [3.05, 3.63) is 49.8 Å². The number of aryl methyl sites for hydroxylation is 1. The molecule has 1 aromatic carbocycles. The fourth-order valence-corrected chi connectivity index (χ4v) is 1.92. The van der Waals surface area contributed by atoms with Gasteiger partial charge in [0.1, 0.15) is 6.33 Å². The quantitative estimate of drug-likeness (QED) is 0.520. The minimum atomic E-state index is -0.615. The summed E-state index contributed by atoms with van der Waals surface area (Å²) in [6, 6.07) is 5.45. The van der Waals surface area contributed by atoms with Crippen molar-refractivity contribution in [2.75, 3.05) is 5.32 Å². The van der Waals surface area contributed by atoms with Crippen molar-refractivity contribution in [3.8, 4) is 0 Å². The number of nitrogens with one attached hydrogen (secondary N) is 1. The van der Waals surface area contributed by atoms with Gasteiger partial charge in [0.15, 0.2) is 0 Å². The molecular formula is C11H8BrClN4O2. The van der Waals surface area contributed by atoms with Crippen LogP contribution >= 0.6 is 27.5 Å². The standard InChI is InChI=1S/C11H8BrClN4O2/c1-6-4-7(2-3-8(6)12)16-11-9(17(18)19)10(13)14-5-15-11/h2-5H,1H3,(H,14,15,16). The maximum absolute atomic E-state index is 10.9. The van der Waals surface area contributed by atoms with Crippen LogP contribution in [0.3, 0.4) is 0 Å². The Hall–Kier alpha value is -1.73. The predicted molar refractivity (Wildman–Crippen MR) is 75.9 cm³/mol. The lowest BCUT2D eigenvalue weighted by molar-refractivity contribution is -0.384. The highest BCUT2D eigenvalue weighted by Gasteiger charge is 2.21. The third kappa shape index (κ3) is 2.99. The second-order valence-corrected chi connectivity index (χ2v) is 4.92. The topological polar surface area (TPSA) is 81.0 Å². The number of hydrogen-bond acceptors (Lipinski definition) is 5. The van der Waals surface area contributed by atoms with E-state index in [9.17, 15) is 10.1 Å². The van der Waals surface area contributed by atoms with Gasteiger partial charge in [0.25, 0.3) is 0 Å². The van der Waals surface area contributed by atoms with Gasteiger partial charge in [-0.3, -0.25) is 10.1 Å². The molecule has 0 fully saturated rings. The molecule has 0 spiro atoms. The first kappa shape index (κ1) is 13.7. The smallest absolute Gasteiger partial charge is 0.334 e. The van der Waals surface area contributed by atoms with E-state index in [1.54, 1.807) is 6.07 Å². The molecule has 1 N–H and O–H groups in total. The number of rotatable bonds is 3. The molecule has 8 heteroatoms. The third-order valence-corrected chi connectivity index (χ3v) is 3.55. The first-order chi connectivity index (χ1) is 8.99. The van der Waals surface area contributed by atoms with Crippen LogP contribution in [-0.2, 0) is 0 Å². The Morgan fingerprint density at radius 2 is 2.16 bits per heavy atom. The van der Waals surface area contributed by atoms with Crippen molar-refractivity contribution >= 4 is 44.7 Å². The molecule has 19 heavy (non-hydrogen) atoms. The average Bonchev–Trinajstić information content (AvgIpc) is 2.33. The van der Waals surface area contributed by atoms with Gasteiger partial charge in [-0.1, -0.05) is 27.5 Å². The molecule has 0 aliphatic rings. The normalized spacial score (nSPS) is 10.3. The van der Waals surface area contributed by atoms with Gasteiger partial charge in [0.2, 0.25) is 11.0 Å². The molecule has 2 rings (SSSR count). The summed E-state index contributed by atoms with van der Waals surface area (Å²) in [5.41, 5.74) is 1.33. The molecule has 0 radical (unpaired) electrons. The number of nitrogens with zero attached hydrogens (tertiary/aromatic N) is 3. The molecule has 0 aliphatic carbocycles. The van der Waals surface area contributed by atoms with Crippen molar-refractivity contribution in [1.29, 1.82) is 0 Å². The number of benzene rings is 1. The first-order valence-corrected chi connectivity index (χ1v) is 6.34. The minimum Gasteiger partial charge on any atom is -0.334 e. The highest BCUT2D eigenvalue weighted by molar-refractivity contribution is 9.10. The number of hydrogen-bond donors (Lipinski definition) is 1. The first-order valence-electron chi connectivity index (χ1n) is 5.17. The second kappa shape index (κ2) is 5.50. The van der Waals surface area contributed by atoms with Gasteiger partial charge >= 0.3 is 5.69 Å². The van der Waals surface area contributed by atoms with Crippen LogP contribution in [0.2, 0.25) is 5.15 Å². The zero-order valence-electron chi connectivity index (χ0n) is 9.72. The Bertz CT molecular complexity index is 651. The van der Waals surface area contributed by atoms with Crippen LogP contribution in [0.4, 0.5) is 17.2 Å². The predicted octanol–water partition coefficient (Wildman–Crippen LogP) is 3.85. The molecule has 0 atom stereocenters. The molecule has 0 amide bonds. The van der Waals surface area contributed by atoms with Crippen molar-refractivity contribution < 1.29 is 4.92 Å². The molecule has 0 saturated carbocycles. The summed E-state index contributed by atoms with van der Waals surface area (Å²) >= 11 is 9.09. The van der Waals surface area contributed by atoms with Gasteiger partial charge < -0.3 is 5.32 Å². The van der Waals surface area contributed by atoms with Gasteiger partial charge in [0, 0.05) is 10.2 Å². The lowest BCUT2D eigenvalue weighted by Crippen LogP contribution is -2.01. The van der Waals surface area contributed by atoms with Crippen LogP contribution in [0, 0.1) is 17.0 Å². The van der Waals surface area contributed by atoms with E-state index in [4.69, 9.17) is 11.6 Å². The summed E-state index contributed by atoms with van der Waals surface area (Å²) in [7, 11) is 0. The van der Waals surface area contributed by atoms with Crippen molar-refractivity contribution in [1.82, 2.24) is 9.97 Å². The van der Waals surface area contributed by atoms with Crippen LogP contribution in [-0.4, -0.2) is 14.9 Å². The summed E-state index contributed by atoms with van der Waals surface area (Å²) in [4.78, 5) is 17.8. The highest BCUT2D eigenvalue weighted by atomic mass is 79.9. The summed E-state index contributed by atoms with van der Waals surface area (Å²) in [6.45, 7) is 1.91. The van der Waals surface area contributed by atoms with Crippen LogP contribution in [0.25, 0.3) is 0 Å². The highest BCUT2D eigenvalue weighted by Crippen LogP contribution is 2.31. The third-order valence-electron chi connectivity index (χ3n) is 2.38. The van der Waals surface area contributed by atoms with Crippen LogP contribution < -0.4 is 5.32 Å². The Balaban J connectivity index is 2.40. The fourth-order valence-electron chi connectivity index (χ4n) is 1.47. The van der Waals surface area contributed by atoms with Crippen molar-refractivity contribution in [2.45, 2.75) is 6.92 Å². The van der Waals surface area contributed by atoms with E-state index < -0.39 is 4.92 Å². The van der Waals surface area contributed by atoms with E-state index in [-0.39, 0.29) is 16.7 Å². The van der Waals surface area contributed by atoms with E-state index in [0.717, 1.165) is 10.0 Å². The van der Waals surface area contributed by atoms with E-state index >= 15 is 0 Å². The molecule has 1 aromatic heterocycles. The number of nitro groups is 1. The van der Waals surface area contributed by atoms with Gasteiger partial charge in [0.05, 0.1) is 4.92 Å². The maximum Gasteiger partial charge on any atom is 0.348 e. The Labute approximate surface area is 122 Å². The molecular weight excluding hydrogens is 336 g/mol. The monoisotopic (exact) mass is 342 g/mol. The summed E-state index contributed by atoms with van der Waals surface area (Å²) < 4.78 is 0.952. The van der Waals surface area contributed by atoms with Crippen LogP contribution in [0.5, 0.6) is 0 Å². The van der Waals surface area contributed by atoms with Gasteiger partial charge in [-0.05, 0) is 30.7 Å². The van der Waals surface area contributed by atoms with Gasteiger partial charge in [-0.15, -0.1) is 0 Å². The van der Waals surface area contributed by atoms with Crippen molar-refractivity contribution in [3.63, 3.8) is 0 Å². The number of anilines is 2. The molecule has 98 valence electrons. The Kier molecular flexibility index (Phi) is 3.96. The SMILES string of the molecule is Cc1cc(Nc2ncnc(Cl)c2[N+](=O)[O-])ccc1Br. The Morgan fingerprint density at radius 3 is 2.79 bits per heavy atom. The molecule has 0 aliphatic heterocycles. The van der Waals surface area contributed by atoms with Crippen LogP contribution in [0.15, 0.2) is 29.0 Å². The zero-order valence-corrected chi connectivity index (χ0v) is 12.1. The van der Waals surface area contributed by atoms with E-state index in [1.807, 2.05) is 19.1 Å². The summed E-state index contributed by atoms with van der Waals surface area (Å²) in [5.74, 6) is 0.0618. The average molecular weight is 344 g/mol. The number of aromatic nitrogens is 2. The lowest BCUT2D eigenvalue weighted by atomic mass is 10.2. The van der Waals surface area contributed by atoms with Crippen molar-refractivity contribution in [2.24, 2.45) is 0 Å². The van der Waals surface area contributed by atoms with Crippen LogP contribution in [0.1, 0.15) is 5.56 Å². The lowest BCUT2D eigenvalue weighted by Gasteiger charge is -2.07. The zero-order chi connectivity index (χ0) is 14.0. The minimum absolute atomic E-state index is 0.0618. The van der Waals surface area contributed by atoms with Gasteiger partial charge in [-0.25, -0.2) is 9.97 Å². The maximum atomic E-state index is 10.9. The molecule has 0 saturated heterocycles. The number of halogens is 2.